The van der Waals surface area contributed by atoms with Crippen molar-refractivity contribution in [2.45, 2.75) is 4.90 Å². The highest BCUT2D eigenvalue weighted by Crippen LogP contribution is 2.16. The fourth-order valence-electron chi connectivity index (χ4n) is 1.10. The van der Waals surface area contributed by atoms with Crippen LogP contribution >= 0.6 is 12.6 Å². The molecular weight excluding hydrogens is 216 g/mol. The van der Waals surface area contributed by atoms with E-state index in [1.807, 2.05) is 0 Å². The number of carbonyl (C=O) groups excluding carboxylic acids is 2. The molecule has 0 unspecified atom stereocenters. The Bertz CT molecular complexity index is 400. The Morgan fingerprint density at radius 1 is 1.07 bits per heavy atom. The van der Waals surface area contributed by atoms with Crippen LogP contribution in [-0.2, 0) is 9.47 Å². The zero-order valence-electron chi connectivity index (χ0n) is 8.31. The van der Waals surface area contributed by atoms with Crippen molar-refractivity contribution >= 4 is 24.6 Å². The van der Waals surface area contributed by atoms with Gasteiger partial charge in [0.2, 0.25) is 0 Å². The lowest BCUT2D eigenvalue weighted by atomic mass is 10.1. The molecule has 4 nitrogen and oxygen atoms in total. The summed E-state index contributed by atoms with van der Waals surface area (Å²) < 4.78 is 9.09. The van der Waals surface area contributed by atoms with Crippen molar-refractivity contribution in [3.05, 3.63) is 29.3 Å². The van der Waals surface area contributed by atoms with Gasteiger partial charge in [0.1, 0.15) is 0 Å². The first-order valence-corrected chi connectivity index (χ1v) is 4.54. The van der Waals surface area contributed by atoms with E-state index in [0.717, 1.165) is 0 Å². The third kappa shape index (κ3) is 2.50. The average Bonchev–Trinajstić information content (AvgIpc) is 2.26. The molecule has 0 radical (unpaired) electrons. The van der Waals surface area contributed by atoms with Gasteiger partial charge in [-0.05, 0) is 18.2 Å². The Hall–Kier alpha value is -1.49. The van der Waals surface area contributed by atoms with E-state index in [1.165, 1.54) is 26.4 Å². The molecule has 80 valence electrons. The van der Waals surface area contributed by atoms with Crippen molar-refractivity contribution in [2.24, 2.45) is 0 Å². The fraction of sp³-hybridized carbons (Fsp3) is 0.200. The highest BCUT2D eigenvalue weighted by molar-refractivity contribution is 7.80. The third-order valence-electron chi connectivity index (χ3n) is 1.81. The standard InChI is InChI=1S/C10H10O4S/c1-13-9(11)7-4-3-6(15)5-8(7)10(12)14-2/h3-5,15H,1-2H3. The van der Waals surface area contributed by atoms with Crippen molar-refractivity contribution in [3.8, 4) is 0 Å². The number of benzene rings is 1. The summed E-state index contributed by atoms with van der Waals surface area (Å²) in [5, 5.41) is 0. The lowest BCUT2D eigenvalue weighted by Gasteiger charge is -2.06. The number of thiol groups is 1. The lowest BCUT2D eigenvalue weighted by Crippen LogP contribution is -2.11. The molecule has 0 bridgehead atoms. The van der Waals surface area contributed by atoms with Crippen LogP contribution in [0.5, 0.6) is 0 Å². The minimum atomic E-state index is -0.591. The second kappa shape index (κ2) is 4.84. The molecule has 0 fully saturated rings. The maximum atomic E-state index is 11.3. The molecular formula is C10H10O4S. The van der Waals surface area contributed by atoms with Gasteiger partial charge in [0.25, 0.3) is 0 Å². The number of carbonyl (C=O) groups is 2. The molecule has 5 heteroatoms. The first kappa shape index (κ1) is 11.6. The van der Waals surface area contributed by atoms with Crippen LogP contribution in [0.15, 0.2) is 23.1 Å². The molecule has 0 saturated heterocycles. The Balaban J connectivity index is 3.26. The van der Waals surface area contributed by atoms with Gasteiger partial charge in [-0.3, -0.25) is 0 Å². The van der Waals surface area contributed by atoms with Crippen LogP contribution in [0.4, 0.5) is 0 Å². The molecule has 0 aromatic heterocycles. The quantitative estimate of drug-likeness (QED) is 0.614. The summed E-state index contributed by atoms with van der Waals surface area (Å²) in [6, 6.07) is 4.53. The van der Waals surface area contributed by atoms with E-state index in [9.17, 15) is 9.59 Å². The second-order valence-electron chi connectivity index (χ2n) is 2.71. The van der Waals surface area contributed by atoms with Crippen LogP contribution in [0.1, 0.15) is 20.7 Å². The predicted molar refractivity (Wildman–Crippen MR) is 56.4 cm³/mol. The Morgan fingerprint density at radius 2 is 1.60 bits per heavy atom. The fourth-order valence-corrected chi connectivity index (χ4v) is 1.30. The number of ether oxygens (including phenoxy) is 2. The SMILES string of the molecule is COC(=O)c1ccc(S)cc1C(=O)OC. The molecule has 0 aliphatic heterocycles. The molecule has 15 heavy (non-hydrogen) atoms. The van der Waals surface area contributed by atoms with Gasteiger partial charge >= 0.3 is 11.9 Å². The molecule has 0 aliphatic carbocycles. The van der Waals surface area contributed by atoms with Crippen LogP contribution in [-0.4, -0.2) is 26.2 Å². The van der Waals surface area contributed by atoms with Gasteiger partial charge in [-0.1, -0.05) is 0 Å². The first-order valence-electron chi connectivity index (χ1n) is 4.09. The summed E-state index contributed by atoms with van der Waals surface area (Å²) in [6.07, 6.45) is 0. The van der Waals surface area contributed by atoms with Crippen molar-refractivity contribution in [3.63, 3.8) is 0 Å². The Labute approximate surface area is 92.6 Å². The van der Waals surface area contributed by atoms with Gasteiger partial charge in [0, 0.05) is 4.90 Å². The summed E-state index contributed by atoms with van der Waals surface area (Å²) in [7, 11) is 2.49. The van der Waals surface area contributed by atoms with E-state index in [2.05, 4.69) is 22.1 Å². The van der Waals surface area contributed by atoms with Crippen LogP contribution in [0.3, 0.4) is 0 Å². The molecule has 1 rings (SSSR count). The van der Waals surface area contributed by atoms with Gasteiger partial charge < -0.3 is 9.47 Å². The maximum absolute atomic E-state index is 11.3. The molecule has 0 saturated carbocycles. The molecule has 0 N–H and O–H groups in total. The highest BCUT2D eigenvalue weighted by atomic mass is 32.1. The smallest absolute Gasteiger partial charge is 0.338 e. The summed E-state index contributed by atoms with van der Waals surface area (Å²) in [5.74, 6) is -1.17. The third-order valence-corrected chi connectivity index (χ3v) is 2.09. The topological polar surface area (TPSA) is 52.6 Å². The first-order chi connectivity index (χ1) is 7.10. The Kier molecular flexibility index (Phi) is 3.74. The lowest BCUT2D eigenvalue weighted by molar-refractivity contribution is 0.0555. The molecule has 1 aromatic carbocycles. The summed E-state index contributed by atoms with van der Waals surface area (Å²) >= 11 is 4.07. The van der Waals surface area contributed by atoms with Crippen LogP contribution in [0, 0.1) is 0 Å². The van der Waals surface area contributed by atoms with Crippen molar-refractivity contribution < 1.29 is 19.1 Å². The zero-order valence-corrected chi connectivity index (χ0v) is 9.21. The number of esters is 2. The van der Waals surface area contributed by atoms with Gasteiger partial charge in [-0.2, -0.15) is 0 Å². The average molecular weight is 226 g/mol. The number of hydrogen-bond acceptors (Lipinski definition) is 5. The normalized spacial score (nSPS) is 9.53. The highest BCUT2D eigenvalue weighted by Gasteiger charge is 2.18. The Morgan fingerprint density at radius 3 is 2.13 bits per heavy atom. The minimum Gasteiger partial charge on any atom is -0.465 e. The van der Waals surface area contributed by atoms with E-state index in [4.69, 9.17) is 0 Å². The van der Waals surface area contributed by atoms with Crippen molar-refractivity contribution in [2.75, 3.05) is 14.2 Å². The molecule has 0 spiro atoms. The van der Waals surface area contributed by atoms with Gasteiger partial charge in [-0.25, -0.2) is 9.59 Å². The van der Waals surface area contributed by atoms with Gasteiger partial charge in [-0.15, -0.1) is 12.6 Å². The summed E-state index contributed by atoms with van der Waals surface area (Å²) in [4.78, 5) is 23.2. The second-order valence-corrected chi connectivity index (χ2v) is 3.23. The van der Waals surface area contributed by atoms with Gasteiger partial charge in [0.05, 0.1) is 25.3 Å². The number of rotatable bonds is 2. The maximum Gasteiger partial charge on any atom is 0.338 e. The van der Waals surface area contributed by atoms with Crippen molar-refractivity contribution in [1.29, 1.82) is 0 Å². The van der Waals surface area contributed by atoms with E-state index >= 15 is 0 Å². The summed E-state index contributed by atoms with van der Waals surface area (Å²) in [6.45, 7) is 0. The molecule has 0 amide bonds. The minimum absolute atomic E-state index is 0.150. The van der Waals surface area contributed by atoms with Crippen LogP contribution < -0.4 is 0 Å². The predicted octanol–water partition coefficient (Wildman–Crippen LogP) is 1.55. The van der Waals surface area contributed by atoms with Crippen LogP contribution in [0.25, 0.3) is 0 Å². The number of hydrogen-bond donors (Lipinski definition) is 1. The van der Waals surface area contributed by atoms with E-state index in [-0.39, 0.29) is 11.1 Å². The van der Waals surface area contributed by atoms with Crippen molar-refractivity contribution in [1.82, 2.24) is 0 Å². The van der Waals surface area contributed by atoms with E-state index < -0.39 is 11.9 Å². The largest absolute Gasteiger partial charge is 0.465 e. The van der Waals surface area contributed by atoms with Crippen LogP contribution in [0.2, 0.25) is 0 Å². The van der Waals surface area contributed by atoms with E-state index in [0.29, 0.717) is 4.90 Å². The zero-order chi connectivity index (χ0) is 11.4. The summed E-state index contributed by atoms with van der Waals surface area (Å²) in [5.41, 5.74) is 0.319. The van der Waals surface area contributed by atoms with Gasteiger partial charge in [0.15, 0.2) is 0 Å². The monoisotopic (exact) mass is 226 g/mol. The molecule has 0 atom stereocenters. The van der Waals surface area contributed by atoms with E-state index in [1.54, 1.807) is 6.07 Å². The molecule has 0 heterocycles. The molecule has 1 aromatic rings. The number of methoxy groups -OCH3 is 2. The molecule has 0 aliphatic rings.